The lowest BCUT2D eigenvalue weighted by atomic mass is 10.1. The van der Waals surface area contributed by atoms with E-state index in [9.17, 15) is 0 Å². The number of fused-ring (bicyclic) bond motifs is 3. The summed E-state index contributed by atoms with van der Waals surface area (Å²) in [5.41, 5.74) is 8.75. The van der Waals surface area contributed by atoms with Crippen LogP contribution in [0.3, 0.4) is 0 Å². The number of rotatable bonds is 0. The molecule has 0 aliphatic carbocycles. The van der Waals surface area contributed by atoms with Crippen molar-refractivity contribution in [2.45, 2.75) is 25.4 Å². The van der Waals surface area contributed by atoms with Crippen molar-refractivity contribution in [1.82, 2.24) is 4.57 Å². The van der Waals surface area contributed by atoms with Crippen molar-refractivity contribution in [2.75, 3.05) is 0 Å². The van der Waals surface area contributed by atoms with Crippen molar-refractivity contribution in [3.63, 3.8) is 0 Å². The molecule has 0 bridgehead atoms. The van der Waals surface area contributed by atoms with Gasteiger partial charge in [-0.05, 0) is 30.4 Å². The van der Waals surface area contributed by atoms with E-state index in [2.05, 4.69) is 34.9 Å². The van der Waals surface area contributed by atoms with E-state index in [0.717, 1.165) is 19.4 Å². The summed E-state index contributed by atoms with van der Waals surface area (Å²) in [6, 6.07) is 11.2. The lowest BCUT2D eigenvalue weighted by molar-refractivity contribution is 0.470. The molecule has 3 rings (SSSR count). The van der Waals surface area contributed by atoms with Crippen molar-refractivity contribution in [2.24, 2.45) is 5.73 Å². The van der Waals surface area contributed by atoms with Crippen LogP contribution in [0.25, 0.3) is 10.9 Å². The fourth-order valence-corrected chi connectivity index (χ4v) is 2.35. The SMILES string of the molecule is NC1CCc2cc3ccccc3n2C1. The first kappa shape index (κ1) is 8.06. The van der Waals surface area contributed by atoms with E-state index in [1.165, 1.54) is 16.6 Å². The number of aromatic nitrogens is 1. The third-order valence-electron chi connectivity index (χ3n) is 3.08. The highest BCUT2D eigenvalue weighted by Gasteiger charge is 2.16. The number of benzene rings is 1. The molecule has 1 aromatic heterocycles. The molecule has 0 fully saturated rings. The van der Waals surface area contributed by atoms with E-state index in [-0.39, 0.29) is 0 Å². The van der Waals surface area contributed by atoms with Gasteiger partial charge in [0.2, 0.25) is 0 Å². The van der Waals surface area contributed by atoms with Crippen LogP contribution in [-0.2, 0) is 13.0 Å². The first-order valence-corrected chi connectivity index (χ1v) is 5.17. The number of hydrogen-bond acceptors (Lipinski definition) is 1. The van der Waals surface area contributed by atoms with Gasteiger partial charge >= 0.3 is 0 Å². The number of aryl methyl sites for hydroxylation is 1. The molecule has 1 unspecified atom stereocenters. The van der Waals surface area contributed by atoms with Gasteiger partial charge in [0.05, 0.1) is 0 Å². The Morgan fingerprint density at radius 3 is 3.07 bits per heavy atom. The Bertz CT molecular complexity index is 470. The topological polar surface area (TPSA) is 30.9 Å². The van der Waals surface area contributed by atoms with Gasteiger partial charge in [-0.25, -0.2) is 0 Å². The highest BCUT2D eigenvalue weighted by Crippen LogP contribution is 2.24. The molecule has 0 amide bonds. The predicted molar refractivity (Wildman–Crippen MR) is 58.2 cm³/mol. The number of hydrogen-bond donors (Lipinski definition) is 1. The Morgan fingerprint density at radius 2 is 2.14 bits per heavy atom. The molecule has 2 N–H and O–H groups in total. The molecule has 1 aliphatic rings. The molecule has 2 heteroatoms. The lowest BCUT2D eigenvalue weighted by Crippen LogP contribution is -2.31. The second-order valence-electron chi connectivity index (χ2n) is 4.10. The number of nitrogens with two attached hydrogens (primary N) is 1. The highest BCUT2D eigenvalue weighted by molar-refractivity contribution is 5.81. The zero-order valence-corrected chi connectivity index (χ0v) is 8.11. The fraction of sp³-hybridized carbons (Fsp3) is 0.333. The van der Waals surface area contributed by atoms with E-state index < -0.39 is 0 Å². The average Bonchev–Trinajstić information content (AvgIpc) is 2.56. The first-order chi connectivity index (χ1) is 6.84. The maximum atomic E-state index is 5.98. The van der Waals surface area contributed by atoms with Crippen LogP contribution in [0.5, 0.6) is 0 Å². The van der Waals surface area contributed by atoms with Crippen LogP contribution < -0.4 is 5.73 Å². The Balaban J connectivity index is 2.25. The summed E-state index contributed by atoms with van der Waals surface area (Å²) in [5.74, 6) is 0. The molecule has 1 aliphatic heterocycles. The number of nitrogens with zero attached hydrogens (tertiary/aromatic N) is 1. The molecule has 0 spiro atoms. The Labute approximate surface area is 83.3 Å². The van der Waals surface area contributed by atoms with Crippen LogP contribution in [0.2, 0.25) is 0 Å². The maximum absolute atomic E-state index is 5.98. The third-order valence-corrected chi connectivity index (χ3v) is 3.08. The van der Waals surface area contributed by atoms with Gasteiger partial charge in [0, 0.05) is 23.8 Å². The van der Waals surface area contributed by atoms with Crippen LogP contribution >= 0.6 is 0 Å². The first-order valence-electron chi connectivity index (χ1n) is 5.17. The Hall–Kier alpha value is -1.28. The van der Waals surface area contributed by atoms with Gasteiger partial charge in [-0.3, -0.25) is 0 Å². The summed E-state index contributed by atoms with van der Waals surface area (Å²) >= 11 is 0. The van der Waals surface area contributed by atoms with Gasteiger partial charge < -0.3 is 10.3 Å². The molecular weight excluding hydrogens is 172 g/mol. The zero-order chi connectivity index (χ0) is 9.54. The summed E-state index contributed by atoms with van der Waals surface area (Å²) in [6.45, 7) is 0.975. The van der Waals surface area contributed by atoms with Crippen molar-refractivity contribution in [1.29, 1.82) is 0 Å². The molecule has 2 nitrogen and oxygen atoms in total. The maximum Gasteiger partial charge on any atom is 0.0483 e. The molecule has 0 radical (unpaired) electrons. The minimum atomic E-state index is 0.332. The van der Waals surface area contributed by atoms with Crippen molar-refractivity contribution < 1.29 is 0 Å². The average molecular weight is 186 g/mol. The zero-order valence-electron chi connectivity index (χ0n) is 8.11. The summed E-state index contributed by atoms with van der Waals surface area (Å²) in [5, 5.41) is 1.34. The van der Waals surface area contributed by atoms with Crippen LogP contribution in [0.1, 0.15) is 12.1 Å². The van der Waals surface area contributed by atoms with Gasteiger partial charge in [0.15, 0.2) is 0 Å². The monoisotopic (exact) mass is 186 g/mol. The minimum absolute atomic E-state index is 0.332. The van der Waals surface area contributed by atoms with Gasteiger partial charge in [0.25, 0.3) is 0 Å². The van der Waals surface area contributed by atoms with E-state index in [0.29, 0.717) is 6.04 Å². The third kappa shape index (κ3) is 1.07. The van der Waals surface area contributed by atoms with E-state index >= 15 is 0 Å². The molecule has 0 saturated heterocycles. The van der Waals surface area contributed by atoms with E-state index in [4.69, 9.17) is 5.73 Å². The molecular formula is C12H14N2. The molecule has 2 aromatic rings. The predicted octanol–water partition coefficient (Wildman–Crippen LogP) is 1.91. The van der Waals surface area contributed by atoms with Crippen LogP contribution in [0.4, 0.5) is 0 Å². The quantitative estimate of drug-likeness (QED) is 0.669. The molecule has 1 atom stereocenters. The van der Waals surface area contributed by atoms with E-state index in [1.54, 1.807) is 0 Å². The Kier molecular flexibility index (Phi) is 1.64. The molecule has 14 heavy (non-hydrogen) atoms. The fourth-order valence-electron chi connectivity index (χ4n) is 2.35. The molecule has 72 valence electrons. The van der Waals surface area contributed by atoms with Gasteiger partial charge in [-0.2, -0.15) is 0 Å². The van der Waals surface area contributed by atoms with Crippen molar-refractivity contribution in [3.8, 4) is 0 Å². The van der Waals surface area contributed by atoms with Gasteiger partial charge in [-0.15, -0.1) is 0 Å². The normalized spacial score (nSPS) is 21.1. The van der Waals surface area contributed by atoms with Crippen LogP contribution in [0.15, 0.2) is 30.3 Å². The molecule has 0 saturated carbocycles. The highest BCUT2D eigenvalue weighted by atomic mass is 15.0. The largest absolute Gasteiger partial charge is 0.343 e. The summed E-state index contributed by atoms with van der Waals surface area (Å²) in [7, 11) is 0. The van der Waals surface area contributed by atoms with E-state index in [1.807, 2.05) is 0 Å². The standard InChI is InChI=1S/C12H14N2/c13-10-5-6-11-7-9-3-1-2-4-12(9)14(11)8-10/h1-4,7,10H,5-6,8,13H2. The summed E-state index contributed by atoms with van der Waals surface area (Å²) in [4.78, 5) is 0. The van der Waals surface area contributed by atoms with Crippen LogP contribution in [-0.4, -0.2) is 10.6 Å². The summed E-state index contributed by atoms with van der Waals surface area (Å²) < 4.78 is 2.36. The second-order valence-corrected chi connectivity index (χ2v) is 4.10. The van der Waals surface area contributed by atoms with Crippen LogP contribution in [0, 0.1) is 0 Å². The smallest absolute Gasteiger partial charge is 0.0483 e. The lowest BCUT2D eigenvalue weighted by Gasteiger charge is -2.21. The van der Waals surface area contributed by atoms with Gasteiger partial charge in [0.1, 0.15) is 0 Å². The van der Waals surface area contributed by atoms with Crippen molar-refractivity contribution >= 4 is 10.9 Å². The second kappa shape index (κ2) is 2.85. The molecule has 1 aromatic carbocycles. The Morgan fingerprint density at radius 1 is 1.29 bits per heavy atom. The summed E-state index contributed by atoms with van der Waals surface area (Å²) in [6.07, 6.45) is 2.24. The molecule has 2 heterocycles. The van der Waals surface area contributed by atoms with Crippen molar-refractivity contribution in [3.05, 3.63) is 36.0 Å². The number of para-hydroxylation sites is 1. The minimum Gasteiger partial charge on any atom is -0.343 e. The van der Waals surface area contributed by atoms with Gasteiger partial charge in [-0.1, -0.05) is 18.2 Å².